The van der Waals surface area contributed by atoms with Gasteiger partial charge in [-0.2, -0.15) is 13.2 Å². The van der Waals surface area contributed by atoms with Crippen molar-refractivity contribution in [1.82, 2.24) is 15.0 Å². The lowest BCUT2D eigenvalue weighted by Gasteiger charge is -2.23. The monoisotopic (exact) mass is 515 g/mol. The van der Waals surface area contributed by atoms with Crippen LogP contribution in [0.2, 0.25) is 0 Å². The van der Waals surface area contributed by atoms with E-state index < -0.39 is 10.3 Å². The largest absolute Gasteiger partial charge is 0.505 e. The summed E-state index contributed by atoms with van der Waals surface area (Å²) in [4.78, 5) is 13.7. The predicted octanol–water partition coefficient (Wildman–Crippen LogP) is 5.56. The van der Waals surface area contributed by atoms with Crippen LogP contribution in [0.1, 0.15) is 83.8 Å². The van der Waals surface area contributed by atoms with Crippen LogP contribution in [0.15, 0.2) is 30.3 Å². The molecule has 2 aliphatic rings. The van der Waals surface area contributed by atoms with E-state index in [1.807, 2.05) is 26.8 Å². The van der Waals surface area contributed by atoms with Gasteiger partial charge in [0, 0.05) is 12.0 Å². The summed E-state index contributed by atoms with van der Waals surface area (Å²) in [7, 11) is -2.45. The first-order chi connectivity index (χ1) is 17.1. The topological polar surface area (TPSA) is 114 Å². The van der Waals surface area contributed by atoms with Gasteiger partial charge in [-0.25, -0.2) is 0 Å². The Hall–Kier alpha value is -3.07. The van der Waals surface area contributed by atoms with Crippen molar-refractivity contribution < 1.29 is 23.1 Å². The summed E-state index contributed by atoms with van der Waals surface area (Å²) in [6.45, 7) is 8.61. The summed E-state index contributed by atoms with van der Waals surface area (Å²) in [5.74, 6) is -0.194. The minimum Gasteiger partial charge on any atom is -0.505 e. The number of nitrogens with zero attached hydrogens (tertiary/aromatic N) is 2. The van der Waals surface area contributed by atoms with Crippen LogP contribution in [-0.4, -0.2) is 41.1 Å². The number of aryl methyl sites for hydroxylation is 1. The van der Waals surface area contributed by atoms with Crippen LogP contribution < -0.4 is 0 Å². The van der Waals surface area contributed by atoms with E-state index in [9.17, 15) is 18.3 Å². The Bertz CT molecular complexity index is 1320. The highest BCUT2D eigenvalue weighted by Crippen LogP contribution is 2.37. The number of phenolic OH excluding ortho intramolecular Hbond substituents is 1. The molecule has 9 heteroatoms. The molecule has 196 valence electrons. The zero-order valence-corrected chi connectivity index (χ0v) is 22.5. The number of ether oxygens (including phenoxy) is 1. The second-order valence-electron chi connectivity index (χ2n) is 10.2. The van der Waals surface area contributed by atoms with Crippen LogP contribution in [0.3, 0.4) is 0 Å². The molecule has 1 aromatic carbocycles. The predicted molar refractivity (Wildman–Crippen MR) is 140 cm³/mol. The van der Waals surface area contributed by atoms with Crippen LogP contribution in [0, 0.1) is 4.51 Å². The number of aromatic nitrogens is 3. The first-order valence-corrected chi connectivity index (χ1v) is 13.7. The SMILES string of the molecule is CCCCCCCCOC(=O)CCc1cc(-n2nc3c(=S(=O)=O)cccc-3[nH]2)c(O)c(C(C)(C)C)c1. The van der Waals surface area contributed by atoms with E-state index in [1.165, 1.54) is 36.5 Å². The first kappa shape index (κ1) is 27.5. The maximum atomic E-state index is 12.3. The summed E-state index contributed by atoms with van der Waals surface area (Å²) >= 11 is 0. The average Bonchev–Trinajstić information content (AvgIpc) is 3.26. The lowest BCUT2D eigenvalue weighted by Crippen LogP contribution is -2.14. The van der Waals surface area contributed by atoms with Crippen LogP contribution in [0.5, 0.6) is 5.75 Å². The number of unbranched alkanes of at least 4 members (excludes halogenated alkanes) is 5. The van der Waals surface area contributed by atoms with Crippen molar-refractivity contribution in [2.45, 2.75) is 84.5 Å². The average molecular weight is 516 g/mol. The molecule has 1 aromatic rings. The molecule has 0 unspecified atom stereocenters. The van der Waals surface area contributed by atoms with Gasteiger partial charge in [0.25, 0.3) is 0 Å². The molecule has 1 aliphatic heterocycles. The molecular weight excluding hydrogens is 478 g/mol. The summed E-state index contributed by atoms with van der Waals surface area (Å²) in [6, 6.07) is 8.50. The van der Waals surface area contributed by atoms with Crippen LogP contribution in [0.25, 0.3) is 17.1 Å². The highest BCUT2D eigenvalue weighted by Gasteiger charge is 2.24. The molecule has 0 bridgehead atoms. The number of hydrogen-bond donors (Lipinski definition) is 2. The lowest BCUT2D eigenvalue weighted by atomic mass is 9.84. The van der Waals surface area contributed by atoms with Gasteiger partial charge >= 0.3 is 5.97 Å². The van der Waals surface area contributed by atoms with E-state index in [0.717, 1.165) is 18.4 Å². The van der Waals surface area contributed by atoms with E-state index >= 15 is 0 Å². The fourth-order valence-corrected chi connectivity index (χ4v) is 4.64. The number of carbonyl (C=O) groups excluding carboxylic acids is 1. The number of fused-ring (bicyclic) bond motifs is 1. The van der Waals surface area contributed by atoms with E-state index in [-0.39, 0.29) is 33.8 Å². The molecule has 0 atom stereocenters. The van der Waals surface area contributed by atoms with Gasteiger partial charge in [0.15, 0.2) is 0 Å². The number of esters is 1. The van der Waals surface area contributed by atoms with Crippen molar-refractivity contribution >= 4 is 16.3 Å². The smallest absolute Gasteiger partial charge is 0.306 e. The minimum atomic E-state index is -2.45. The third kappa shape index (κ3) is 7.00. The summed E-state index contributed by atoms with van der Waals surface area (Å²) in [6.07, 6.45) is 7.48. The van der Waals surface area contributed by atoms with Gasteiger partial charge in [0.2, 0.25) is 10.3 Å². The number of benzene rings is 2. The molecule has 0 saturated heterocycles. The van der Waals surface area contributed by atoms with Gasteiger partial charge in [0.05, 0.1) is 12.3 Å². The molecule has 0 saturated carbocycles. The molecule has 8 nitrogen and oxygen atoms in total. The quantitative estimate of drug-likeness (QED) is 0.196. The summed E-state index contributed by atoms with van der Waals surface area (Å²) in [5.41, 5.74) is 2.38. The fraction of sp³-hybridized carbons (Fsp3) is 0.519. The van der Waals surface area contributed by atoms with E-state index in [2.05, 4.69) is 17.1 Å². The van der Waals surface area contributed by atoms with E-state index in [4.69, 9.17) is 4.74 Å². The zero-order valence-electron chi connectivity index (χ0n) is 21.6. The van der Waals surface area contributed by atoms with Crippen LogP contribution >= 0.6 is 0 Å². The molecule has 0 amide bonds. The fourth-order valence-electron chi connectivity index (χ4n) is 4.15. The number of aromatic hydroxyl groups is 1. The second-order valence-corrected chi connectivity index (χ2v) is 11.1. The third-order valence-corrected chi connectivity index (χ3v) is 6.86. The van der Waals surface area contributed by atoms with Crippen molar-refractivity contribution in [3.63, 3.8) is 0 Å². The molecular formula is C27H37N3O5S. The number of phenols is 1. The van der Waals surface area contributed by atoms with Crippen molar-refractivity contribution in [3.8, 4) is 22.8 Å². The summed E-state index contributed by atoms with van der Waals surface area (Å²) in [5, 5.41) is 18.6. The molecule has 2 N–H and O–H groups in total. The van der Waals surface area contributed by atoms with Gasteiger partial charge in [0.1, 0.15) is 21.6 Å². The molecule has 1 heterocycles. The van der Waals surface area contributed by atoms with Crippen molar-refractivity contribution in [2.75, 3.05) is 6.61 Å². The molecule has 0 spiro atoms. The lowest BCUT2D eigenvalue weighted by molar-refractivity contribution is -0.143. The summed E-state index contributed by atoms with van der Waals surface area (Å²) < 4.78 is 28.7. The maximum Gasteiger partial charge on any atom is 0.306 e. The number of rotatable bonds is 11. The number of H-pyrrole nitrogens is 1. The van der Waals surface area contributed by atoms with Crippen molar-refractivity contribution in [2.24, 2.45) is 0 Å². The van der Waals surface area contributed by atoms with E-state index in [1.54, 1.807) is 18.2 Å². The van der Waals surface area contributed by atoms with Gasteiger partial charge in [-0.3, -0.25) is 9.89 Å². The Morgan fingerprint density at radius 1 is 1.11 bits per heavy atom. The highest BCUT2D eigenvalue weighted by atomic mass is 32.2. The number of carbonyl (C=O) groups is 1. The van der Waals surface area contributed by atoms with Crippen LogP contribution in [-0.2, 0) is 31.7 Å². The van der Waals surface area contributed by atoms with Gasteiger partial charge in [-0.05, 0) is 42.0 Å². The Balaban J connectivity index is 1.80. The van der Waals surface area contributed by atoms with Crippen LogP contribution in [0.4, 0.5) is 0 Å². The molecule has 3 rings (SSSR count). The van der Waals surface area contributed by atoms with Gasteiger partial charge in [-0.15, -0.1) is 5.10 Å². The number of hydrogen-bond acceptors (Lipinski definition) is 6. The highest BCUT2D eigenvalue weighted by molar-refractivity contribution is 7.64. The van der Waals surface area contributed by atoms with Gasteiger partial charge < -0.3 is 9.84 Å². The third-order valence-electron chi connectivity index (χ3n) is 6.17. The normalized spacial score (nSPS) is 11.7. The Morgan fingerprint density at radius 3 is 2.53 bits per heavy atom. The van der Waals surface area contributed by atoms with Gasteiger partial charge in [-0.1, -0.05) is 71.9 Å². The molecule has 0 fully saturated rings. The van der Waals surface area contributed by atoms with Crippen molar-refractivity contribution in [1.29, 1.82) is 0 Å². The zero-order chi connectivity index (χ0) is 26.3. The minimum absolute atomic E-state index is 0.0470. The Labute approximate surface area is 214 Å². The Kier molecular flexibility index (Phi) is 9.37. The molecule has 0 aromatic heterocycles. The molecule has 36 heavy (non-hydrogen) atoms. The van der Waals surface area contributed by atoms with E-state index in [0.29, 0.717) is 30.0 Å². The first-order valence-electron chi connectivity index (χ1n) is 12.6. The molecule has 1 aliphatic carbocycles. The number of nitrogens with one attached hydrogen (secondary N) is 1. The Morgan fingerprint density at radius 2 is 1.83 bits per heavy atom. The maximum absolute atomic E-state index is 12.3. The second kappa shape index (κ2) is 12.3. The molecule has 0 radical (unpaired) electrons. The number of aromatic amines is 1. The van der Waals surface area contributed by atoms with Crippen molar-refractivity contribution in [3.05, 3.63) is 46.0 Å². The standard InChI is InChI=1S/C27H37N3O5S/c1-5-6-7-8-9-10-16-35-24(31)15-14-19-17-20(27(2,3)4)26(32)22(18-19)30-28-21-12-11-13-23(36(33)34)25(21)29-30/h11-13,17-18,28,32H,5-10,14-16H2,1-4H3.